The van der Waals surface area contributed by atoms with Crippen LogP contribution in [0.15, 0.2) is 12.5 Å². The maximum Gasteiger partial charge on any atom is 0.153 e. The summed E-state index contributed by atoms with van der Waals surface area (Å²) in [4.78, 5) is 9.66. The minimum atomic E-state index is -0.0258. The van der Waals surface area contributed by atoms with Gasteiger partial charge < -0.3 is 15.2 Å². The first kappa shape index (κ1) is 13.4. The van der Waals surface area contributed by atoms with Crippen molar-refractivity contribution in [3.63, 3.8) is 0 Å². The van der Waals surface area contributed by atoms with Crippen LogP contribution in [0.2, 0.25) is 0 Å². The Morgan fingerprint density at radius 1 is 1.60 bits per heavy atom. The Balaban J connectivity index is 1.59. The van der Waals surface area contributed by atoms with Crippen molar-refractivity contribution < 1.29 is 0 Å². The predicted molar refractivity (Wildman–Crippen MR) is 78.2 cm³/mol. The highest BCUT2D eigenvalue weighted by Gasteiger charge is 2.26. The van der Waals surface area contributed by atoms with E-state index in [9.17, 15) is 0 Å². The Kier molecular flexibility index (Phi) is 3.90. The minimum absolute atomic E-state index is 0.0258. The standard InChI is InChI=1S/C11H18N8S/c1-7(12-2-8-3-16-18-17-8)5-19-10-9(14-6-15-10)4-13-11(19)20/h3,6-7,11-13,20H,2,4-5H2,1H3,(H,14,15)(H,16,17,18). The Bertz CT molecular complexity index is 538. The summed E-state index contributed by atoms with van der Waals surface area (Å²) in [5, 5.41) is 17.1. The molecule has 1 aliphatic heterocycles. The minimum Gasteiger partial charge on any atom is -0.346 e. The summed E-state index contributed by atoms with van der Waals surface area (Å²) in [6, 6.07) is 0.269. The molecule has 0 radical (unpaired) electrons. The molecule has 0 amide bonds. The molecule has 0 aromatic carbocycles. The number of H-pyrrole nitrogens is 2. The van der Waals surface area contributed by atoms with Crippen molar-refractivity contribution in [3.8, 4) is 0 Å². The number of aromatic amines is 2. The van der Waals surface area contributed by atoms with Crippen LogP contribution in [0.25, 0.3) is 0 Å². The first-order chi connectivity index (χ1) is 9.74. The van der Waals surface area contributed by atoms with Gasteiger partial charge in [0.15, 0.2) is 5.82 Å². The molecule has 0 spiro atoms. The van der Waals surface area contributed by atoms with E-state index in [0.29, 0.717) is 6.54 Å². The molecule has 0 saturated heterocycles. The van der Waals surface area contributed by atoms with Crippen LogP contribution < -0.4 is 15.5 Å². The number of imidazole rings is 1. The van der Waals surface area contributed by atoms with Gasteiger partial charge in [0, 0.05) is 25.7 Å². The second-order valence-electron chi connectivity index (χ2n) is 4.85. The third-order valence-corrected chi connectivity index (χ3v) is 3.75. The Hall–Kier alpha value is -1.58. The number of thiol groups is 1. The van der Waals surface area contributed by atoms with Crippen LogP contribution >= 0.6 is 12.6 Å². The van der Waals surface area contributed by atoms with Crippen LogP contribution in [0.1, 0.15) is 18.3 Å². The Morgan fingerprint density at radius 2 is 2.50 bits per heavy atom. The van der Waals surface area contributed by atoms with Crippen molar-refractivity contribution >= 4 is 18.4 Å². The zero-order chi connectivity index (χ0) is 13.9. The molecular weight excluding hydrogens is 276 g/mol. The molecular formula is C11H18N8S. The average Bonchev–Trinajstić information content (AvgIpc) is 3.10. The first-order valence-corrected chi connectivity index (χ1v) is 7.04. The molecule has 3 rings (SSSR count). The fourth-order valence-corrected chi connectivity index (χ4v) is 2.54. The lowest BCUT2D eigenvalue weighted by Gasteiger charge is -2.35. The van der Waals surface area contributed by atoms with E-state index in [1.807, 2.05) is 0 Å². The largest absolute Gasteiger partial charge is 0.346 e. The molecule has 8 nitrogen and oxygen atoms in total. The van der Waals surface area contributed by atoms with Gasteiger partial charge in [-0.05, 0) is 6.92 Å². The second-order valence-corrected chi connectivity index (χ2v) is 5.34. The summed E-state index contributed by atoms with van der Waals surface area (Å²) in [5.41, 5.74) is 1.97. The Morgan fingerprint density at radius 3 is 3.30 bits per heavy atom. The lowest BCUT2D eigenvalue weighted by atomic mass is 10.2. The van der Waals surface area contributed by atoms with E-state index in [4.69, 9.17) is 0 Å². The normalized spacial score (nSPS) is 19.9. The van der Waals surface area contributed by atoms with Gasteiger partial charge in [-0.25, -0.2) is 4.98 Å². The molecule has 1 aliphatic rings. The molecule has 0 aliphatic carbocycles. The van der Waals surface area contributed by atoms with Crippen LogP contribution in [-0.2, 0) is 13.1 Å². The van der Waals surface area contributed by atoms with Crippen LogP contribution in [-0.4, -0.2) is 43.5 Å². The number of aromatic nitrogens is 5. The number of hydrogen-bond acceptors (Lipinski definition) is 7. The highest BCUT2D eigenvalue weighted by atomic mass is 32.1. The van der Waals surface area contributed by atoms with E-state index < -0.39 is 0 Å². The third kappa shape index (κ3) is 2.79. The SMILES string of the molecule is CC(CN1c2nc[nH]c2CNC1S)NCc1cn[nH]n1. The summed E-state index contributed by atoms with van der Waals surface area (Å²) in [6.07, 6.45) is 3.44. The fourth-order valence-electron chi connectivity index (χ4n) is 2.25. The van der Waals surface area contributed by atoms with Crippen LogP contribution in [0, 0.1) is 0 Å². The molecule has 0 fully saturated rings. The quantitative estimate of drug-likeness (QED) is 0.491. The van der Waals surface area contributed by atoms with Crippen molar-refractivity contribution in [2.45, 2.75) is 31.6 Å². The van der Waals surface area contributed by atoms with Crippen molar-refractivity contribution in [1.82, 2.24) is 36.0 Å². The predicted octanol–water partition coefficient (Wildman–Crippen LogP) is -0.171. The zero-order valence-corrected chi connectivity index (χ0v) is 12.1. The second kappa shape index (κ2) is 5.81. The molecule has 108 valence electrons. The van der Waals surface area contributed by atoms with Crippen molar-refractivity contribution in [1.29, 1.82) is 0 Å². The van der Waals surface area contributed by atoms with Gasteiger partial charge in [0.25, 0.3) is 0 Å². The van der Waals surface area contributed by atoms with Crippen LogP contribution in [0.5, 0.6) is 0 Å². The molecule has 3 heterocycles. The topological polar surface area (TPSA) is 97.5 Å². The fraction of sp³-hybridized carbons (Fsp3) is 0.545. The first-order valence-electron chi connectivity index (χ1n) is 6.52. The highest BCUT2D eigenvalue weighted by molar-refractivity contribution is 7.81. The van der Waals surface area contributed by atoms with Crippen molar-refractivity contribution in [3.05, 3.63) is 23.9 Å². The lowest BCUT2D eigenvalue weighted by molar-refractivity contribution is 0.489. The molecule has 2 aromatic heterocycles. The maximum atomic E-state index is 4.56. The summed E-state index contributed by atoms with van der Waals surface area (Å²) in [7, 11) is 0. The van der Waals surface area contributed by atoms with Crippen LogP contribution in [0.4, 0.5) is 5.82 Å². The van der Waals surface area contributed by atoms with E-state index in [1.165, 1.54) is 0 Å². The van der Waals surface area contributed by atoms with Crippen LogP contribution in [0.3, 0.4) is 0 Å². The van der Waals surface area contributed by atoms with Gasteiger partial charge in [-0.15, -0.1) is 12.6 Å². The summed E-state index contributed by atoms with van der Waals surface area (Å²) >= 11 is 4.56. The maximum absolute atomic E-state index is 4.56. The van der Waals surface area contributed by atoms with Gasteiger partial charge in [-0.2, -0.15) is 15.4 Å². The highest BCUT2D eigenvalue weighted by Crippen LogP contribution is 2.23. The van der Waals surface area contributed by atoms with E-state index in [-0.39, 0.29) is 11.5 Å². The molecule has 2 aromatic rings. The van der Waals surface area contributed by atoms with E-state index in [1.54, 1.807) is 12.5 Å². The van der Waals surface area contributed by atoms with E-state index in [2.05, 4.69) is 60.5 Å². The van der Waals surface area contributed by atoms with Crippen molar-refractivity contribution in [2.75, 3.05) is 11.4 Å². The molecule has 0 saturated carbocycles. The molecule has 2 atom stereocenters. The summed E-state index contributed by atoms with van der Waals surface area (Å²) in [6.45, 7) is 4.38. The molecule has 4 N–H and O–H groups in total. The van der Waals surface area contributed by atoms with Gasteiger partial charge in [0.05, 0.1) is 23.9 Å². The van der Waals surface area contributed by atoms with Gasteiger partial charge in [0.1, 0.15) is 5.50 Å². The number of fused-ring (bicyclic) bond motifs is 1. The number of anilines is 1. The Labute approximate surface area is 122 Å². The van der Waals surface area contributed by atoms with E-state index in [0.717, 1.165) is 30.3 Å². The molecule has 20 heavy (non-hydrogen) atoms. The number of rotatable bonds is 5. The number of nitrogens with one attached hydrogen (secondary N) is 4. The van der Waals surface area contributed by atoms with Gasteiger partial charge in [-0.3, -0.25) is 5.32 Å². The van der Waals surface area contributed by atoms with Crippen molar-refractivity contribution in [2.24, 2.45) is 0 Å². The molecule has 0 bridgehead atoms. The average molecular weight is 294 g/mol. The number of hydrogen-bond donors (Lipinski definition) is 5. The number of nitrogens with zero attached hydrogens (tertiary/aromatic N) is 4. The monoisotopic (exact) mass is 294 g/mol. The van der Waals surface area contributed by atoms with E-state index >= 15 is 0 Å². The van der Waals surface area contributed by atoms with Gasteiger partial charge in [0.2, 0.25) is 0 Å². The van der Waals surface area contributed by atoms with Gasteiger partial charge in [-0.1, -0.05) is 0 Å². The molecule has 2 unspecified atom stereocenters. The lowest BCUT2D eigenvalue weighted by Crippen LogP contribution is -2.51. The zero-order valence-electron chi connectivity index (χ0n) is 11.2. The molecule has 9 heteroatoms. The summed E-state index contributed by atoms with van der Waals surface area (Å²) < 4.78 is 0. The third-order valence-electron chi connectivity index (χ3n) is 3.29. The smallest absolute Gasteiger partial charge is 0.153 e. The summed E-state index contributed by atoms with van der Waals surface area (Å²) in [5.74, 6) is 0.971. The van der Waals surface area contributed by atoms with Gasteiger partial charge >= 0.3 is 0 Å².